The number of thiophene rings is 1. The lowest BCUT2D eigenvalue weighted by Crippen LogP contribution is -2.00. The van der Waals surface area contributed by atoms with E-state index < -0.39 is 0 Å². The predicted molar refractivity (Wildman–Crippen MR) is 81.3 cm³/mol. The molecule has 0 bridgehead atoms. The Morgan fingerprint density at radius 2 is 1.85 bits per heavy atom. The molecule has 0 saturated heterocycles. The summed E-state index contributed by atoms with van der Waals surface area (Å²) in [6.07, 6.45) is 0. The molecule has 0 fully saturated rings. The Labute approximate surface area is 120 Å². The normalized spacial score (nSPS) is 11.0. The fourth-order valence-corrected chi connectivity index (χ4v) is 3.21. The van der Waals surface area contributed by atoms with Gasteiger partial charge in [-0.1, -0.05) is 12.1 Å². The van der Waals surface area contributed by atoms with Gasteiger partial charge in [-0.15, -0.1) is 11.3 Å². The lowest BCUT2D eigenvalue weighted by Gasteiger charge is -2.09. The van der Waals surface area contributed by atoms with Crippen molar-refractivity contribution in [1.82, 2.24) is 9.97 Å². The Morgan fingerprint density at radius 3 is 2.60 bits per heavy atom. The molecule has 2 aromatic heterocycles. The molecule has 3 nitrogen and oxygen atoms in total. The van der Waals surface area contributed by atoms with Gasteiger partial charge in [-0.3, -0.25) is 0 Å². The van der Waals surface area contributed by atoms with E-state index in [-0.39, 0.29) is 5.82 Å². The van der Waals surface area contributed by atoms with Crippen molar-refractivity contribution >= 4 is 33.1 Å². The molecule has 102 valence electrons. The van der Waals surface area contributed by atoms with Gasteiger partial charge in [0.2, 0.25) is 0 Å². The Balaban J connectivity index is 2.18. The van der Waals surface area contributed by atoms with Gasteiger partial charge >= 0.3 is 0 Å². The van der Waals surface area contributed by atoms with E-state index in [0.717, 1.165) is 15.8 Å². The van der Waals surface area contributed by atoms with E-state index in [1.54, 1.807) is 29.5 Å². The Kier molecular flexibility index (Phi) is 3.14. The lowest BCUT2D eigenvalue weighted by molar-refractivity contribution is 0.632. The molecule has 5 heteroatoms. The molecule has 0 radical (unpaired) electrons. The standard InChI is InChI=1S/C15H14FN3S/c1-8-9(2)20-15-13(8)14(17-10(3)18-15)19-12-7-5-4-6-11(12)16/h4-7H,1-3H3,(H,17,18,19). The van der Waals surface area contributed by atoms with Crippen molar-refractivity contribution in [3.63, 3.8) is 0 Å². The molecule has 0 saturated carbocycles. The van der Waals surface area contributed by atoms with Crippen LogP contribution in [0.15, 0.2) is 24.3 Å². The zero-order valence-corrected chi connectivity index (χ0v) is 12.3. The topological polar surface area (TPSA) is 37.8 Å². The second-order valence-corrected chi connectivity index (χ2v) is 5.89. The molecule has 3 aromatic rings. The molecule has 0 spiro atoms. The average Bonchev–Trinajstić information content (AvgIpc) is 2.67. The molecule has 20 heavy (non-hydrogen) atoms. The summed E-state index contributed by atoms with van der Waals surface area (Å²) < 4.78 is 13.8. The van der Waals surface area contributed by atoms with Crippen molar-refractivity contribution < 1.29 is 4.39 Å². The highest BCUT2D eigenvalue weighted by molar-refractivity contribution is 7.18. The van der Waals surface area contributed by atoms with Crippen molar-refractivity contribution in [2.45, 2.75) is 20.8 Å². The monoisotopic (exact) mass is 287 g/mol. The molecule has 0 amide bonds. The van der Waals surface area contributed by atoms with Crippen LogP contribution in [-0.2, 0) is 0 Å². The second kappa shape index (κ2) is 4.83. The van der Waals surface area contributed by atoms with Crippen LogP contribution in [0.4, 0.5) is 15.9 Å². The van der Waals surface area contributed by atoms with Crippen LogP contribution in [-0.4, -0.2) is 9.97 Å². The van der Waals surface area contributed by atoms with Gasteiger partial charge in [0, 0.05) is 4.88 Å². The first-order valence-corrected chi connectivity index (χ1v) is 7.14. The van der Waals surface area contributed by atoms with Crippen molar-refractivity contribution in [3.05, 3.63) is 46.3 Å². The fourth-order valence-electron chi connectivity index (χ4n) is 2.14. The van der Waals surface area contributed by atoms with Crippen molar-refractivity contribution in [2.75, 3.05) is 5.32 Å². The first-order chi connectivity index (χ1) is 9.56. The SMILES string of the molecule is Cc1nc(Nc2ccccc2F)c2c(C)c(C)sc2n1. The van der Waals surface area contributed by atoms with Crippen LogP contribution in [0.2, 0.25) is 0 Å². The number of nitrogens with zero attached hydrogens (tertiary/aromatic N) is 2. The molecule has 0 atom stereocenters. The summed E-state index contributed by atoms with van der Waals surface area (Å²) in [5, 5.41) is 4.06. The summed E-state index contributed by atoms with van der Waals surface area (Å²) in [6, 6.07) is 6.59. The Morgan fingerprint density at radius 1 is 1.10 bits per heavy atom. The fraction of sp³-hybridized carbons (Fsp3) is 0.200. The average molecular weight is 287 g/mol. The molecular weight excluding hydrogens is 273 g/mol. The quantitative estimate of drug-likeness (QED) is 0.754. The van der Waals surface area contributed by atoms with Crippen LogP contribution >= 0.6 is 11.3 Å². The van der Waals surface area contributed by atoms with Gasteiger partial charge in [0.25, 0.3) is 0 Å². The summed E-state index contributed by atoms with van der Waals surface area (Å²) >= 11 is 1.64. The number of fused-ring (bicyclic) bond motifs is 1. The largest absolute Gasteiger partial charge is 0.337 e. The molecule has 0 aliphatic carbocycles. The first kappa shape index (κ1) is 13.0. The second-order valence-electron chi connectivity index (χ2n) is 4.69. The number of hydrogen-bond acceptors (Lipinski definition) is 4. The van der Waals surface area contributed by atoms with E-state index in [2.05, 4.69) is 22.2 Å². The first-order valence-electron chi connectivity index (χ1n) is 6.32. The number of anilines is 2. The van der Waals surface area contributed by atoms with Crippen molar-refractivity contribution in [2.24, 2.45) is 0 Å². The smallest absolute Gasteiger partial charge is 0.146 e. The molecule has 1 aromatic carbocycles. The molecule has 3 rings (SSSR count). The number of aromatic nitrogens is 2. The van der Waals surface area contributed by atoms with Crippen LogP contribution in [0.5, 0.6) is 0 Å². The van der Waals surface area contributed by atoms with Crippen LogP contribution in [0, 0.1) is 26.6 Å². The van der Waals surface area contributed by atoms with Gasteiger partial charge in [-0.25, -0.2) is 14.4 Å². The third-order valence-electron chi connectivity index (χ3n) is 3.27. The minimum Gasteiger partial charge on any atom is -0.337 e. The summed E-state index contributed by atoms with van der Waals surface area (Å²) in [7, 11) is 0. The van der Waals surface area contributed by atoms with E-state index in [1.807, 2.05) is 13.8 Å². The van der Waals surface area contributed by atoms with Gasteiger partial charge in [-0.05, 0) is 38.5 Å². The van der Waals surface area contributed by atoms with Gasteiger partial charge < -0.3 is 5.32 Å². The van der Waals surface area contributed by atoms with E-state index in [1.165, 1.54) is 10.9 Å². The number of para-hydroxylation sites is 1. The van der Waals surface area contributed by atoms with Crippen LogP contribution in [0.25, 0.3) is 10.2 Å². The van der Waals surface area contributed by atoms with E-state index in [0.29, 0.717) is 17.3 Å². The zero-order chi connectivity index (χ0) is 14.3. The van der Waals surface area contributed by atoms with E-state index >= 15 is 0 Å². The summed E-state index contributed by atoms with van der Waals surface area (Å²) in [4.78, 5) is 11.0. The minimum absolute atomic E-state index is 0.290. The van der Waals surface area contributed by atoms with Crippen molar-refractivity contribution in [1.29, 1.82) is 0 Å². The Hall–Kier alpha value is -2.01. The minimum atomic E-state index is -0.290. The lowest BCUT2D eigenvalue weighted by atomic mass is 10.2. The predicted octanol–water partition coefficient (Wildman–Crippen LogP) is 4.50. The highest BCUT2D eigenvalue weighted by Gasteiger charge is 2.14. The van der Waals surface area contributed by atoms with Gasteiger partial charge in [0.15, 0.2) is 0 Å². The van der Waals surface area contributed by atoms with Crippen molar-refractivity contribution in [3.8, 4) is 0 Å². The highest BCUT2D eigenvalue weighted by atomic mass is 32.1. The number of halogens is 1. The third-order valence-corrected chi connectivity index (χ3v) is 4.37. The molecule has 0 aliphatic heterocycles. The highest BCUT2D eigenvalue weighted by Crippen LogP contribution is 2.34. The third kappa shape index (κ3) is 2.14. The number of rotatable bonds is 2. The Bertz CT molecular complexity index is 795. The summed E-state index contributed by atoms with van der Waals surface area (Å²) in [5.41, 5.74) is 1.57. The maximum Gasteiger partial charge on any atom is 0.146 e. The van der Waals surface area contributed by atoms with Gasteiger partial charge in [0.05, 0.1) is 11.1 Å². The zero-order valence-electron chi connectivity index (χ0n) is 11.5. The maximum atomic E-state index is 13.8. The maximum absolute atomic E-state index is 13.8. The molecular formula is C15H14FN3S. The number of aryl methyl sites for hydroxylation is 3. The van der Waals surface area contributed by atoms with Crippen LogP contribution < -0.4 is 5.32 Å². The van der Waals surface area contributed by atoms with Gasteiger partial charge in [-0.2, -0.15) is 0 Å². The molecule has 0 aliphatic rings. The molecule has 0 unspecified atom stereocenters. The molecule has 1 N–H and O–H groups in total. The number of benzene rings is 1. The van der Waals surface area contributed by atoms with E-state index in [9.17, 15) is 4.39 Å². The van der Waals surface area contributed by atoms with E-state index in [4.69, 9.17) is 0 Å². The summed E-state index contributed by atoms with van der Waals surface area (Å²) in [6.45, 7) is 5.94. The molecule has 2 heterocycles. The van der Waals surface area contributed by atoms with Gasteiger partial charge in [0.1, 0.15) is 22.3 Å². The van der Waals surface area contributed by atoms with Crippen LogP contribution in [0.3, 0.4) is 0 Å². The number of hydrogen-bond donors (Lipinski definition) is 1. The number of nitrogens with one attached hydrogen (secondary N) is 1. The summed E-state index contributed by atoms with van der Waals surface area (Å²) in [5.74, 6) is 1.05. The van der Waals surface area contributed by atoms with Crippen LogP contribution in [0.1, 0.15) is 16.3 Å².